The number of benzene rings is 1. The van der Waals surface area contributed by atoms with Gasteiger partial charge in [0.2, 0.25) is 0 Å². The normalized spacial score (nSPS) is 14.1. The molecule has 1 amide bonds. The van der Waals surface area contributed by atoms with Crippen LogP contribution in [0.5, 0.6) is 11.5 Å². The zero-order valence-electron chi connectivity index (χ0n) is 13.6. The quantitative estimate of drug-likeness (QED) is 0.656. The number of carbonyl (C=O) groups is 2. The maximum atomic E-state index is 12.2. The minimum Gasteiger partial charge on any atom is -0.486 e. The summed E-state index contributed by atoms with van der Waals surface area (Å²) < 4.78 is 16.0. The van der Waals surface area contributed by atoms with Crippen molar-refractivity contribution >= 4 is 35.0 Å². The molecule has 0 aliphatic carbocycles. The second-order valence-electron chi connectivity index (χ2n) is 5.28. The van der Waals surface area contributed by atoms with Crippen LogP contribution in [0.4, 0.5) is 5.69 Å². The third kappa shape index (κ3) is 4.60. The number of carbonyl (C=O) groups excluding carboxylic acids is 2. The SMILES string of the molecule is C[C@H](OC(=O)/C=C/c1cccs1)C(=O)Nc1ccc2c(c1)OCCO2. The first kappa shape index (κ1) is 17.0. The summed E-state index contributed by atoms with van der Waals surface area (Å²) >= 11 is 1.51. The first-order chi connectivity index (χ1) is 12.1. The molecule has 3 rings (SSSR count). The maximum Gasteiger partial charge on any atom is 0.331 e. The van der Waals surface area contributed by atoms with Crippen LogP contribution in [-0.2, 0) is 14.3 Å². The molecule has 1 N–H and O–H groups in total. The summed E-state index contributed by atoms with van der Waals surface area (Å²) in [6.07, 6.45) is 2.03. The summed E-state index contributed by atoms with van der Waals surface area (Å²) in [6, 6.07) is 8.88. The van der Waals surface area contributed by atoms with Crippen molar-refractivity contribution in [2.45, 2.75) is 13.0 Å². The molecular formula is C18H17NO5S. The molecule has 0 saturated carbocycles. The van der Waals surface area contributed by atoms with Crippen LogP contribution in [0.2, 0.25) is 0 Å². The highest BCUT2D eigenvalue weighted by molar-refractivity contribution is 7.10. The number of amides is 1. The zero-order valence-corrected chi connectivity index (χ0v) is 14.4. The fourth-order valence-corrected chi connectivity index (χ4v) is 2.79. The average molecular weight is 359 g/mol. The van der Waals surface area contributed by atoms with Crippen molar-refractivity contribution < 1.29 is 23.8 Å². The lowest BCUT2D eigenvalue weighted by Crippen LogP contribution is -2.29. The highest BCUT2D eigenvalue weighted by Gasteiger charge is 2.18. The first-order valence-corrected chi connectivity index (χ1v) is 8.62. The Morgan fingerprint density at radius 3 is 2.80 bits per heavy atom. The van der Waals surface area contributed by atoms with Crippen molar-refractivity contribution in [3.05, 3.63) is 46.7 Å². The standard InChI is InChI=1S/C18H17NO5S/c1-12(24-17(20)7-5-14-3-2-10-25-14)18(21)19-13-4-6-15-16(11-13)23-9-8-22-15/h2-7,10-12H,8-9H2,1H3,(H,19,21)/b7-5+/t12-/m0/s1. The molecule has 1 aliphatic rings. The number of ether oxygens (including phenoxy) is 3. The van der Waals surface area contributed by atoms with Crippen LogP contribution in [0.3, 0.4) is 0 Å². The van der Waals surface area contributed by atoms with Gasteiger partial charge in [-0.1, -0.05) is 6.07 Å². The minimum atomic E-state index is -0.923. The Kier molecular flexibility index (Phi) is 5.35. The van der Waals surface area contributed by atoms with E-state index in [0.29, 0.717) is 30.4 Å². The molecule has 6 nitrogen and oxygen atoms in total. The smallest absolute Gasteiger partial charge is 0.331 e. The number of esters is 1. The van der Waals surface area contributed by atoms with Gasteiger partial charge in [-0.25, -0.2) is 4.79 Å². The van der Waals surface area contributed by atoms with Crippen molar-refractivity contribution in [3.8, 4) is 11.5 Å². The molecule has 130 valence electrons. The van der Waals surface area contributed by atoms with Crippen LogP contribution >= 0.6 is 11.3 Å². The van der Waals surface area contributed by atoms with Crippen molar-refractivity contribution in [2.24, 2.45) is 0 Å². The topological polar surface area (TPSA) is 73.9 Å². The molecule has 0 unspecified atom stereocenters. The highest BCUT2D eigenvalue weighted by Crippen LogP contribution is 2.32. The van der Waals surface area contributed by atoms with E-state index in [4.69, 9.17) is 14.2 Å². The Morgan fingerprint density at radius 1 is 1.24 bits per heavy atom. The molecule has 1 atom stereocenters. The molecular weight excluding hydrogens is 342 g/mol. The number of nitrogens with one attached hydrogen (secondary N) is 1. The van der Waals surface area contributed by atoms with Crippen molar-refractivity contribution in [1.29, 1.82) is 0 Å². The first-order valence-electron chi connectivity index (χ1n) is 7.74. The van der Waals surface area contributed by atoms with Crippen LogP contribution in [-0.4, -0.2) is 31.2 Å². The van der Waals surface area contributed by atoms with Gasteiger partial charge in [-0.2, -0.15) is 0 Å². The van der Waals surface area contributed by atoms with Crippen molar-refractivity contribution in [3.63, 3.8) is 0 Å². The molecule has 0 bridgehead atoms. The number of fused-ring (bicyclic) bond motifs is 1. The van der Waals surface area contributed by atoms with Crippen LogP contribution in [0.1, 0.15) is 11.8 Å². The predicted molar refractivity (Wildman–Crippen MR) is 95.0 cm³/mol. The number of anilines is 1. The monoisotopic (exact) mass is 359 g/mol. The van der Waals surface area contributed by atoms with Crippen LogP contribution < -0.4 is 14.8 Å². The van der Waals surface area contributed by atoms with E-state index in [1.54, 1.807) is 24.3 Å². The lowest BCUT2D eigenvalue weighted by molar-refractivity contribution is -0.148. The van der Waals surface area contributed by atoms with E-state index >= 15 is 0 Å². The van der Waals surface area contributed by atoms with E-state index in [0.717, 1.165) is 4.88 Å². The zero-order chi connectivity index (χ0) is 17.6. The second-order valence-corrected chi connectivity index (χ2v) is 6.25. The molecule has 7 heteroatoms. The number of hydrogen-bond acceptors (Lipinski definition) is 6. The van der Waals surface area contributed by atoms with Gasteiger partial charge in [0.15, 0.2) is 17.6 Å². The van der Waals surface area contributed by atoms with Gasteiger partial charge in [0.1, 0.15) is 13.2 Å². The van der Waals surface area contributed by atoms with E-state index in [2.05, 4.69) is 5.32 Å². The summed E-state index contributed by atoms with van der Waals surface area (Å²) in [5.74, 6) is 0.225. The second kappa shape index (κ2) is 7.85. The number of rotatable bonds is 5. The third-order valence-corrected chi connectivity index (χ3v) is 4.24. The predicted octanol–water partition coefficient (Wildman–Crippen LogP) is 3.10. The Bertz CT molecular complexity index is 785. The molecule has 0 spiro atoms. The summed E-state index contributed by atoms with van der Waals surface area (Å²) in [5.41, 5.74) is 0.547. The Labute approximate surface area is 149 Å². The molecule has 0 saturated heterocycles. The van der Waals surface area contributed by atoms with Crippen molar-refractivity contribution in [2.75, 3.05) is 18.5 Å². The molecule has 1 aromatic carbocycles. The van der Waals surface area contributed by atoms with Gasteiger partial charge in [-0.05, 0) is 36.6 Å². The van der Waals surface area contributed by atoms with Gasteiger partial charge in [-0.3, -0.25) is 4.79 Å². The van der Waals surface area contributed by atoms with Gasteiger partial charge in [-0.15, -0.1) is 11.3 Å². The van der Waals surface area contributed by atoms with E-state index in [1.165, 1.54) is 24.3 Å². The van der Waals surface area contributed by atoms with Crippen LogP contribution in [0.25, 0.3) is 6.08 Å². The van der Waals surface area contributed by atoms with Gasteiger partial charge < -0.3 is 19.5 Å². The molecule has 1 aromatic heterocycles. The fraction of sp³-hybridized carbons (Fsp3) is 0.222. The van der Waals surface area contributed by atoms with Gasteiger partial charge >= 0.3 is 5.97 Å². The number of thiophene rings is 1. The minimum absolute atomic E-state index is 0.422. The Balaban J connectivity index is 1.54. The van der Waals surface area contributed by atoms with E-state index in [-0.39, 0.29) is 0 Å². The summed E-state index contributed by atoms with van der Waals surface area (Å²) in [6.45, 7) is 2.49. The fourth-order valence-electron chi connectivity index (χ4n) is 2.17. The van der Waals surface area contributed by atoms with Crippen LogP contribution in [0.15, 0.2) is 41.8 Å². The van der Waals surface area contributed by atoms with E-state index in [1.807, 2.05) is 17.5 Å². The molecule has 25 heavy (non-hydrogen) atoms. The van der Waals surface area contributed by atoms with Gasteiger partial charge in [0.25, 0.3) is 5.91 Å². The van der Waals surface area contributed by atoms with E-state index < -0.39 is 18.0 Å². The maximum absolute atomic E-state index is 12.2. The number of hydrogen-bond donors (Lipinski definition) is 1. The third-order valence-electron chi connectivity index (χ3n) is 3.40. The summed E-state index contributed by atoms with van der Waals surface area (Å²) in [7, 11) is 0. The Morgan fingerprint density at radius 2 is 2.04 bits per heavy atom. The summed E-state index contributed by atoms with van der Waals surface area (Å²) in [5, 5.41) is 4.60. The Hall–Kier alpha value is -2.80. The van der Waals surface area contributed by atoms with Gasteiger partial charge in [0, 0.05) is 22.7 Å². The molecule has 2 heterocycles. The average Bonchev–Trinajstić information content (AvgIpc) is 3.13. The molecule has 0 radical (unpaired) electrons. The molecule has 2 aromatic rings. The lowest BCUT2D eigenvalue weighted by atomic mass is 10.2. The summed E-state index contributed by atoms with van der Waals surface area (Å²) in [4.78, 5) is 24.9. The molecule has 1 aliphatic heterocycles. The molecule has 0 fully saturated rings. The largest absolute Gasteiger partial charge is 0.486 e. The van der Waals surface area contributed by atoms with Gasteiger partial charge in [0.05, 0.1) is 0 Å². The van der Waals surface area contributed by atoms with Crippen LogP contribution in [0, 0.1) is 0 Å². The lowest BCUT2D eigenvalue weighted by Gasteiger charge is -2.19. The highest BCUT2D eigenvalue weighted by atomic mass is 32.1. The van der Waals surface area contributed by atoms with Crippen molar-refractivity contribution in [1.82, 2.24) is 0 Å². The van der Waals surface area contributed by atoms with E-state index in [9.17, 15) is 9.59 Å².